The molecule has 0 spiro atoms. The van der Waals surface area contributed by atoms with Crippen LogP contribution in [0, 0.1) is 0 Å². The van der Waals surface area contributed by atoms with E-state index in [4.69, 9.17) is 13.6 Å². The van der Waals surface area contributed by atoms with E-state index in [-0.39, 0.29) is 6.10 Å². The predicted octanol–water partition coefficient (Wildman–Crippen LogP) is 3.43. The van der Waals surface area contributed by atoms with Crippen LogP contribution in [-0.4, -0.2) is 19.3 Å². The van der Waals surface area contributed by atoms with Crippen LogP contribution in [0.2, 0.25) is 0 Å². The van der Waals surface area contributed by atoms with Gasteiger partial charge in [-0.05, 0) is 20.3 Å². The van der Waals surface area contributed by atoms with E-state index in [9.17, 15) is 0 Å². The Morgan fingerprint density at radius 1 is 1.21 bits per heavy atom. The Morgan fingerprint density at radius 3 is 2.14 bits per heavy atom. The summed E-state index contributed by atoms with van der Waals surface area (Å²) < 4.78 is 16.2. The molecule has 0 radical (unpaired) electrons. The standard InChI is InChI=1S/C10H19O3P/c1-5-9-10(6-2)13-14(11-7-3)12-8-4/h5-6,10H,1-2,7-9H2,3-4H3. The summed E-state index contributed by atoms with van der Waals surface area (Å²) in [6.45, 7) is 12.3. The van der Waals surface area contributed by atoms with Crippen molar-refractivity contribution in [3.05, 3.63) is 25.3 Å². The first kappa shape index (κ1) is 13.8. The lowest BCUT2D eigenvalue weighted by Gasteiger charge is -2.19. The van der Waals surface area contributed by atoms with Gasteiger partial charge in [-0.3, -0.25) is 0 Å². The van der Waals surface area contributed by atoms with E-state index in [1.807, 2.05) is 13.8 Å². The summed E-state index contributed by atoms with van der Waals surface area (Å²) >= 11 is 0. The largest absolute Gasteiger partial charge is 0.333 e. The lowest BCUT2D eigenvalue weighted by molar-refractivity contribution is 0.146. The molecule has 0 N–H and O–H groups in total. The van der Waals surface area contributed by atoms with Gasteiger partial charge in [-0.15, -0.1) is 13.2 Å². The van der Waals surface area contributed by atoms with Gasteiger partial charge in [0.25, 0.3) is 0 Å². The molecule has 0 bridgehead atoms. The maximum absolute atomic E-state index is 5.55. The van der Waals surface area contributed by atoms with Crippen LogP contribution in [-0.2, 0) is 13.6 Å². The zero-order valence-corrected chi connectivity index (χ0v) is 9.83. The molecule has 0 aliphatic heterocycles. The zero-order valence-electron chi connectivity index (χ0n) is 8.94. The van der Waals surface area contributed by atoms with Crippen molar-refractivity contribution in [2.45, 2.75) is 26.4 Å². The lowest BCUT2D eigenvalue weighted by Crippen LogP contribution is -2.07. The number of rotatable bonds is 9. The van der Waals surface area contributed by atoms with Gasteiger partial charge in [-0.1, -0.05) is 12.2 Å². The van der Waals surface area contributed by atoms with Crippen molar-refractivity contribution in [3.63, 3.8) is 0 Å². The van der Waals surface area contributed by atoms with Crippen LogP contribution in [0.4, 0.5) is 0 Å². The van der Waals surface area contributed by atoms with E-state index in [0.717, 1.165) is 6.42 Å². The summed E-state index contributed by atoms with van der Waals surface area (Å²) in [6.07, 6.45) is 4.17. The number of hydrogen-bond donors (Lipinski definition) is 0. The second-order valence-electron chi connectivity index (χ2n) is 2.46. The summed E-state index contributed by atoms with van der Waals surface area (Å²) in [5, 5.41) is 0. The predicted molar refractivity (Wildman–Crippen MR) is 60.1 cm³/mol. The van der Waals surface area contributed by atoms with Crippen molar-refractivity contribution in [1.82, 2.24) is 0 Å². The molecule has 1 atom stereocenters. The Morgan fingerprint density at radius 2 is 1.79 bits per heavy atom. The molecule has 0 aliphatic carbocycles. The third-order valence-electron chi connectivity index (χ3n) is 1.35. The monoisotopic (exact) mass is 218 g/mol. The minimum Gasteiger partial charge on any atom is -0.313 e. The molecule has 4 heteroatoms. The highest BCUT2D eigenvalue weighted by atomic mass is 31.2. The molecular formula is C10H19O3P. The van der Waals surface area contributed by atoms with Crippen LogP contribution < -0.4 is 0 Å². The molecule has 0 heterocycles. The first-order valence-electron chi connectivity index (χ1n) is 4.74. The minimum absolute atomic E-state index is 0.0725. The minimum atomic E-state index is -1.24. The smallest absolute Gasteiger partial charge is 0.313 e. The summed E-state index contributed by atoms with van der Waals surface area (Å²) in [4.78, 5) is 0. The molecule has 1 unspecified atom stereocenters. The van der Waals surface area contributed by atoms with E-state index in [0.29, 0.717) is 13.2 Å². The van der Waals surface area contributed by atoms with Crippen molar-refractivity contribution in [2.24, 2.45) is 0 Å². The van der Waals surface area contributed by atoms with Crippen LogP contribution >= 0.6 is 8.60 Å². The third kappa shape index (κ3) is 6.28. The lowest BCUT2D eigenvalue weighted by atomic mass is 10.2. The van der Waals surface area contributed by atoms with Crippen molar-refractivity contribution in [1.29, 1.82) is 0 Å². The summed E-state index contributed by atoms with van der Waals surface area (Å²) in [7, 11) is -1.24. The van der Waals surface area contributed by atoms with Crippen molar-refractivity contribution >= 4 is 8.60 Å². The second kappa shape index (κ2) is 9.35. The molecule has 0 saturated carbocycles. The molecular weight excluding hydrogens is 199 g/mol. The quantitative estimate of drug-likeness (QED) is 0.438. The average Bonchev–Trinajstić information content (AvgIpc) is 2.18. The first-order chi connectivity index (χ1) is 6.78. The highest BCUT2D eigenvalue weighted by Crippen LogP contribution is 2.41. The molecule has 0 aromatic carbocycles. The van der Waals surface area contributed by atoms with Gasteiger partial charge < -0.3 is 13.6 Å². The second-order valence-corrected chi connectivity index (χ2v) is 3.64. The van der Waals surface area contributed by atoms with Crippen molar-refractivity contribution in [3.8, 4) is 0 Å². The summed E-state index contributed by atoms with van der Waals surface area (Å²) in [6, 6.07) is 0. The Labute approximate surface area is 87.7 Å². The molecule has 0 aromatic heterocycles. The van der Waals surface area contributed by atoms with Gasteiger partial charge in [0.15, 0.2) is 0 Å². The van der Waals surface area contributed by atoms with Gasteiger partial charge in [0, 0.05) is 0 Å². The molecule has 0 aliphatic rings. The molecule has 0 amide bonds. The SMILES string of the molecule is C=CCC(C=C)OP(OCC)OCC. The maximum atomic E-state index is 5.55. The van der Waals surface area contributed by atoms with Crippen molar-refractivity contribution in [2.75, 3.05) is 13.2 Å². The fraction of sp³-hybridized carbons (Fsp3) is 0.600. The molecule has 14 heavy (non-hydrogen) atoms. The third-order valence-corrected chi connectivity index (χ3v) is 2.73. The molecule has 0 fully saturated rings. The highest BCUT2D eigenvalue weighted by molar-refractivity contribution is 7.41. The fourth-order valence-electron chi connectivity index (χ4n) is 0.766. The topological polar surface area (TPSA) is 27.7 Å². The van der Waals surface area contributed by atoms with Crippen LogP contribution in [0.5, 0.6) is 0 Å². The maximum Gasteiger partial charge on any atom is 0.333 e. The van der Waals surface area contributed by atoms with Gasteiger partial charge >= 0.3 is 8.60 Å². The van der Waals surface area contributed by atoms with Gasteiger partial charge in [0.1, 0.15) is 0 Å². The Kier molecular flexibility index (Phi) is 9.21. The van der Waals surface area contributed by atoms with Crippen LogP contribution in [0.1, 0.15) is 20.3 Å². The van der Waals surface area contributed by atoms with E-state index in [2.05, 4.69) is 13.2 Å². The molecule has 82 valence electrons. The van der Waals surface area contributed by atoms with Crippen LogP contribution in [0.3, 0.4) is 0 Å². The van der Waals surface area contributed by atoms with Crippen molar-refractivity contribution < 1.29 is 13.6 Å². The van der Waals surface area contributed by atoms with Crippen LogP contribution in [0.25, 0.3) is 0 Å². The number of hydrogen-bond acceptors (Lipinski definition) is 3. The molecule has 3 nitrogen and oxygen atoms in total. The molecule has 0 rings (SSSR count). The average molecular weight is 218 g/mol. The fourth-order valence-corrected chi connectivity index (χ4v) is 1.78. The first-order valence-corrected chi connectivity index (χ1v) is 5.84. The van der Waals surface area contributed by atoms with Crippen LogP contribution in [0.15, 0.2) is 25.3 Å². The van der Waals surface area contributed by atoms with E-state index in [1.165, 1.54) is 0 Å². The van der Waals surface area contributed by atoms with E-state index in [1.54, 1.807) is 12.2 Å². The Hall–Kier alpha value is -0.210. The van der Waals surface area contributed by atoms with Gasteiger partial charge in [-0.2, -0.15) is 0 Å². The summed E-state index contributed by atoms with van der Waals surface area (Å²) in [5.41, 5.74) is 0. The normalized spacial score (nSPS) is 12.8. The van der Waals surface area contributed by atoms with E-state index >= 15 is 0 Å². The van der Waals surface area contributed by atoms with E-state index < -0.39 is 8.60 Å². The Bertz CT molecular complexity index is 155. The zero-order chi connectivity index (χ0) is 10.8. The van der Waals surface area contributed by atoms with Gasteiger partial charge in [-0.25, -0.2) is 0 Å². The Balaban J connectivity index is 3.95. The van der Waals surface area contributed by atoms with Gasteiger partial charge in [0.05, 0.1) is 19.3 Å². The summed E-state index contributed by atoms with van der Waals surface area (Å²) in [5.74, 6) is 0. The molecule has 0 saturated heterocycles. The highest BCUT2D eigenvalue weighted by Gasteiger charge is 2.15. The van der Waals surface area contributed by atoms with Gasteiger partial charge in [0.2, 0.25) is 0 Å². The molecule has 0 aromatic rings.